The highest BCUT2D eigenvalue weighted by Gasteiger charge is 2.22. The van der Waals surface area contributed by atoms with Gasteiger partial charge in [-0.2, -0.15) is 0 Å². The van der Waals surface area contributed by atoms with E-state index < -0.39 is 5.91 Å². The predicted octanol–water partition coefficient (Wildman–Crippen LogP) is 3.72. The summed E-state index contributed by atoms with van der Waals surface area (Å²) in [5.74, 6) is 0.959. The van der Waals surface area contributed by atoms with Crippen molar-refractivity contribution in [3.05, 3.63) is 76.6 Å². The second-order valence-electron chi connectivity index (χ2n) is 7.68. The number of hydrogen-bond acceptors (Lipinski definition) is 5. The minimum absolute atomic E-state index is 0.454. The third kappa shape index (κ3) is 3.53. The van der Waals surface area contributed by atoms with E-state index in [-0.39, 0.29) is 0 Å². The van der Waals surface area contributed by atoms with Crippen LogP contribution in [-0.2, 0) is 24.3 Å². The van der Waals surface area contributed by atoms with Crippen LogP contribution in [0.25, 0.3) is 22.3 Å². The number of rotatable bonds is 5. The van der Waals surface area contributed by atoms with E-state index in [0.717, 1.165) is 40.1 Å². The summed E-state index contributed by atoms with van der Waals surface area (Å²) in [6.45, 7) is 3.74. The number of nitrogens with two attached hydrogens (primary N) is 1. The van der Waals surface area contributed by atoms with Crippen molar-refractivity contribution < 1.29 is 9.53 Å². The van der Waals surface area contributed by atoms with Crippen LogP contribution in [-0.4, -0.2) is 27.5 Å². The highest BCUT2D eigenvalue weighted by Crippen LogP contribution is 2.34. The fourth-order valence-corrected chi connectivity index (χ4v) is 4.14. The van der Waals surface area contributed by atoms with Crippen LogP contribution in [0.15, 0.2) is 48.5 Å². The maximum Gasteiger partial charge on any atom is 0.250 e. The van der Waals surface area contributed by atoms with Gasteiger partial charge in [-0.25, -0.2) is 9.97 Å². The van der Waals surface area contributed by atoms with Gasteiger partial charge in [0, 0.05) is 35.2 Å². The molecule has 1 aliphatic heterocycles. The summed E-state index contributed by atoms with van der Waals surface area (Å²) in [7, 11) is 0. The highest BCUT2D eigenvalue weighted by atomic mass is 16.5. The van der Waals surface area contributed by atoms with Crippen molar-refractivity contribution in [2.75, 3.05) is 11.9 Å². The number of carbonyl (C=O) groups excluding carboxylic acids is 1. The van der Waals surface area contributed by atoms with E-state index in [1.54, 1.807) is 6.07 Å². The van der Waals surface area contributed by atoms with E-state index in [0.29, 0.717) is 36.7 Å². The highest BCUT2D eigenvalue weighted by molar-refractivity contribution is 6.09. The van der Waals surface area contributed by atoms with Crippen LogP contribution in [0, 0.1) is 6.92 Å². The number of ether oxygens (including phenoxy) is 1. The molecule has 3 heterocycles. The summed E-state index contributed by atoms with van der Waals surface area (Å²) in [5, 5.41) is 4.37. The van der Waals surface area contributed by atoms with Crippen molar-refractivity contribution in [1.82, 2.24) is 15.0 Å². The van der Waals surface area contributed by atoms with E-state index in [1.165, 1.54) is 5.56 Å². The molecule has 0 saturated carbocycles. The third-order valence-corrected chi connectivity index (χ3v) is 5.64. The largest absolute Gasteiger partial charge is 0.375 e. The second-order valence-corrected chi connectivity index (χ2v) is 7.68. The number of para-hydroxylation sites is 1. The van der Waals surface area contributed by atoms with E-state index in [9.17, 15) is 4.79 Å². The van der Waals surface area contributed by atoms with E-state index in [4.69, 9.17) is 20.4 Å². The molecule has 4 N–H and O–H groups in total. The summed E-state index contributed by atoms with van der Waals surface area (Å²) in [4.78, 5) is 24.9. The average Bonchev–Trinajstić information content (AvgIpc) is 3.13. The molecular weight excluding hydrogens is 390 g/mol. The Bertz CT molecular complexity index is 1280. The van der Waals surface area contributed by atoms with Gasteiger partial charge >= 0.3 is 0 Å². The van der Waals surface area contributed by atoms with Gasteiger partial charge in [-0.15, -0.1) is 0 Å². The number of benzene rings is 2. The summed E-state index contributed by atoms with van der Waals surface area (Å²) in [6, 6.07) is 15.7. The molecule has 1 amide bonds. The van der Waals surface area contributed by atoms with Crippen LogP contribution in [0.4, 0.5) is 5.82 Å². The first-order chi connectivity index (χ1) is 15.1. The summed E-state index contributed by atoms with van der Waals surface area (Å²) >= 11 is 0. The molecule has 31 heavy (non-hydrogen) atoms. The number of nitrogens with one attached hydrogen (secondary N) is 2. The Hall–Kier alpha value is -3.71. The number of hydrogen-bond donors (Lipinski definition) is 3. The number of H-pyrrole nitrogens is 1. The molecular formula is C24H23N5O2. The summed E-state index contributed by atoms with van der Waals surface area (Å²) in [5.41, 5.74) is 11.7. The standard InChI is InChI=1S/C24H23N5O2/c1-14-20(17-8-5-9-18(22(25)30)21(17)27-14)24-28-19-13-31-11-10-16(19)23(29-24)26-12-15-6-3-2-4-7-15/h2-9,27H,10-13H2,1H3,(H2,25,30)(H,26,28,29). The van der Waals surface area contributed by atoms with E-state index in [1.807, 2.05) is 37.3 Å². The molecule has 0 radical (unpaired) electrons. The zero-order chi connectivity index (χ0) is 21.4. The molecule has 5 rings (SSSR count). The molecule has 0 spiro atoms. The number of aromatic amines is 1. The first-order valence-corrected chi connectivity index (χ1v) is 10.3. The molecule has 7 nitrogen and oxygen atoms in total. The SMILES string of the molecule is Cc1[nH]c2c(C(N)=O)cccc2c1-c1nc2c(c(NCc3ccccc3)n1)CCOC2. The van der Waals surface area contributed by atoms with Crippen molar-refractivity contribution in [2.45, 2.75) is 26.5 Å². The fraction of sp³-hybridized carbons (Fsp3) is 0.208. The van der Waals surface area contributed by atoms with Gasteiger partial charge < -0.3 is 20.8 Å². The van der Waals surface area contributed by atoms with Gasteiger partial charge in [0.05, 0.1) is 30.0 Å². The Labute approximate surface area is 179 Å². The lowest BCUT2D eigenvalue weighted by atomic mass is 10.0. The molecule has 0 atom stereocenters. The molecule has 1 aliphatic rings. The van der Waals surface area contributed by atoms with Crippen LogP contribution < -0.4 is 11.1 Å². The molecule has 2 aromatic heterocycles. The Balaban J connectivity index is 1.62. The Morgan fingerprint density at radius 1 is 1.16 bits per heavy atom. The zero-order valence-electron chi connectivity index (χ0n) is 17.2. The maximum absolute atomic E-state index is 11.9. The number of carbonyl (C=O) groups is 1. The molecule has 0 fully saturated rings. The first kappa shape index (κ1) is 19.3. The van der Waals surface area contributed by atoms with Gasteiger partial charge in [0.2, 0.25) is 0 Å². The Morgan fingerprint density at radius 2 is 2.00 bits per heavy atom. The number of amides is 1. The molecule has 0 bridgehead atoms. The van der Waals surface area contributed by atoms with Gasteiger partial charge in [0.1, 0.15) is 5.82 Å². The van der Waals surface area contributed by atoms with Crippen LogP contribution in [0.3, 0.4) is 0 Å². The number of nitrogens with zero attached hydrogens (tertiary/aromatic N) is 2. The molecule has 0 saturated heterocycles. The topological polar surface area (TPSA) is 106 Å². The second kappa shape index (κ2) is 7.85. The minimum atomic E-state index is -0.469. The van der Waals surface area contributed by atoms with Crippen molar-refractivity contribution in [3.63, 3.8) is 0 Å². The smallest absolute Gasteiger partial charge is 0.250 e. The van der Waals surface area contributed by atoms with Crippen LogP contribution in [0.5, 0.6) is 0 Å². The van der Waals surface area contributed by atoms with Gasteiger partial charge in [-0.1, -0.05) is 42.5 Å². The van der Waals surface area contributed by atoms with Crippen molar-refractivity contribution >= 4 is 22.6 Å². The number of aromatic nitrogens is 3. The molecule has 0 aliphatic carbocycles. The monoisotopic (exact) mass is 413 g/mol. The van der Waals surface area contributed by atoms with Gasteiger partial charge in [-0.05, 0) is 18.6 Å². The Morgan fingerprint density at radius 3 is 2.81 bits per heavy atom. The molecule has 4 aromatic rings. The fourth-order valence-electron chi connectivity index (χ4n) is 4.14. The van der Waals surface area contributed by atoms with Crippen LogP contribution >= 0.6 is 0 Å². The van der Waals surface area contributed by atoms with Gasteiger partial charge in [0.15, 0.2) is 5.82 Å². The predicted molar refractivity (Wildman–Crippen MR) is 120 cm³/mol. The van der Waals surface area contributed by atoms with Crippen molar-refractivity contribution in [1.29, 1.82) is 0 Å². The number of fused-ring (bicyclic) bond motifs is 2. The van der Waals surface area contributed by atoms with Crippen LogP contribution in [0.2, 0.25) is 0 Å². The van der Waals surface area contributed by atoms with E-state index >= 15 is 0 Å². The quantitative estimate of drug-likeness (QED) is 0.462. The molecule has 7 heteroatoms. The van der Waals surface area contributed by atoms with Gasteiger partial charge in [-0.3, -0.25) is 4.79 Å². The molecule has 0 unspecified atom stereocenters. The van der Waals surface area contributed by atoms with Crippen molar-refractivity contribution in [2.24, 2.45) is 5.73 Å². The van der Waals surface area contributed by atoms with Crippen LogP contribution in [0.1, 0.15) is 32.9 Å². The first-order valence-electron chi connectivity index (χ1n) is 10.3. The number of primary amides is 1. The maximum atomic E-state index is 11.9. The molecule has 2 aromatic carbocycles. The minimum Gasteiger partial charge on any atom is -0.375 e. The number of anilines is 1. The lowest BCUT2D eigenvalue weighted by molar-refractivity contribution is 0.100. The summed E-state index contributed by atoms with van der Waals surface area (Å²) in [6.07, 6.45) is 0.769. The van der Waals surface area contributed by atoms with E-state index in [2.05, 4.69) is 22.4 Å². The zero-order valence-corrected chi connectivity index (χ0v) is 17.2. The lowest BCUT2D eigenvalue weighted by Crippen LogP contribution is -2.17. The normalized spacial score (nSPS) is 13.2. The lowest BCUT2D eigenvalue weighted by Gasteiger charge is -2.20. The third-order valence-electron chi connectivity index (χ3n) is 5.64. The van der Waals surface area contributed by atoms with Gasteiger partial charge in [0.25, 0.3) is 5.91 Å². The number of aryl methyl sites for hydroxylation is 1. The molecule has 156 valence electrons. The van der Waals surface area contributed by atoms with Crippen molar-refractivity contribution in [3.8, 4) is 11.4 Å². The summed E-state index contributed by atoms with van der Waals surface area (Å²) < 4.78 is 5.67. The Kier molecular flexibility index (Phi) is 4.88. The average molecular weight is 413 g/mol.